The number of amides is 1. The van der Waals surface area contributed by atoms with Crippen molar-refractivity contribution in [3.05, 3.63) is 59.7 Å². The summed E-state index contributed by atoms with van der Waals surface area (Å²) in [6.45, 7) is -0.482. The van der Waals surface area contributed by atoms with Gasteiger partial charge in [-0.15, -0.1) is 0 Å². The van der Waals surface area contributed by atoms with Gasteiger partial charge in [0.15, 0.2) is 6.61 Å². The number of carboxylic acids is 1. The van der Waals surface area contributed by atoms with E-state index >= 15 is 0 Å². The largest absolute Gasteiger partial charge is 0.482 e. The smallest absolute Gasteiger partial charge is 0.416 e. The Morgan fingerprint density at radius 1 is 1.11 bits per heavy atom. The molecule has 0 spiro atoms. The van der Waals surface area contributed by atoms with E-state index in [2.05, 4.69) is 5.32 Å². The number of benzene rings is 2. The van der Waals surface area contributed by atoms with Gasteiger partial charge in [0.25, 0.3) is 0 Å². The maximum absolute atomic E-state index is 12.9. The molecular formula is C19H16F3NO4. The van der Waals surface area contributed by atoms with Gasteiger partial charge >= 0.3 is 12.1 Å². The third kappa shape index (κ3) is 4.21. The first-order chi connectivity index (χ1) is 12.7. The van der Waals surface area contributed by atoms with Gasteiger partial charge in [-0.2, -0.15) is 13.2 Å². The van der Waals surface area contributed by atoms with Crippen LogP contribution in [-0.2, 0) is 21.2 Å². The summed E-state index contributed by atoms with van der Waals surface area (Å²) in [6, 6.07) is 10.9. The lowest BCUT2D eigenvalue weighted by Crippen LogP contribution is -2.28. The molecule has 2 aromatic rings. The summed E-state index contributed by atoms with van der Waals surface area (Å²) in [6.07, 6.45) is -3.52. The van der Waals surface area contributed by atoms with Gasteiger partial charge in [0.1, 0.15) is 5.75 Å². The number of carboxylic acid groups (broad SMARTS) is 1. The predicted molar refractivity (Wildman–Crippen MR) is 90.6 cm³/mol. The van der Waals surface area contributed by atoms with Crippen molar-refractivity contribution >= 4 is 17.6 Å². The molecule has 142 valence electrons. The molecule has 2 aromatic carbocycles. The van der Waals surface area contributed by atoms with E-state index in [0.717, 1.165) is 12.1 Å². The average Bonchev–Trinajstić information content (AvgIpc) is 3.42. The molecule has 27 heavy (non-hydrogen) atoms. The first-order valence-corrected chi connectivity index (χ1v) is 8.14. The Balaban J connectivity index is 1.72. The van der Waals surface area contributed by atoms with Crippen LogP contribution < -0.4 is 10.1 Å². The van der Waals surface area contributed by atoms with Crippen molar-refractivity contribution in [1.29, 1.82) is 0 Å². The molecule has 0 radical (unpaired) electrons. The van der Waals surface area contributed by atoms with E-state index in [1.807, 2.05) is 0 Å². The topological polar surface area (TPSA) is 75.6 Å². The van der Waals surface area contributed by atoms with E-state index in [-0.39, 0.29) is 5.91 Å². The first-order valence-electron chi connectivity index (χ1n) is 8.14. The average molecular weight is 379 g/mol. The Kier molecular flexibility index (Phi) is 4.82. The zero-order chi connectivity index (χ0) is 19.7. The van der Waals surface area contributed by atoms with Gasteiger partial charge in [0.05, 0.1) is 11.0 Å². The van der Waals surface area contributed by atoms with E-state index in [1.54, 1.807) is 0 Å². The predicted octanol–water partition coefficient (Wildman–Crippen LogP) is 3.84. The third-order valence-electron chi connectivity index (χ3n) is 4.40. The lowest BCUT2D eigenvalue weighted by atomic mass is 9.93. The van der Waals surface area contributed by atoms with Gasteiger partial charge in [0, 0.05) is 5.69 Å². The fourth-order valence-corrected chi connectivity index (χ4v) is 2.80. The van der Waals surface area contributed by atoms with Crippen molar-refractivity contribution in [1.82, 2.24) is 0 Å². The minimum Gasteiger partial charge on any atom is -0.482 e. The number of rotatable bonds is 6. The van der Waals surface area contributed by atoms with Crippen LogP contribution in [0.5, 0.6) is 5.75 Å². The van der Waals surface area contributed by atoms with Crippen LogP contribution in [0.1, 0.15) is 24.0 Å². The molecule has 0 unspecified atom stereocenters. The molecule has 5 nitrogen and oxygen atoms in total. The van der Waals surface area contributed by atoms with Crippen LogP contribution in [0.15, 0.2) is 48.5 Å². The molecule has 0 aliphatic heterocycles. The summed E-state index contributed by atoms with van der Waals surface area (Å²) >= 11 is 0. The number of ether oxygens (including phenoxy) is 1. The fraction of sp³-hybridized carbons (Fsp3) is 0.263. The highest BCUT2D eigenvalue weighted by atomic mass is 19.4. The van der Waals surface area contributed by atoms with Crippen LogP contribution >= 0.6 is 0 Å². The summed E-state index contributed by atoms with van der Waals surface area (Å²) in [5.74, 6) is -1.15. The van der Waals surface area contributed by atoms with Crippen molar-refractivity contribution in [3.63, 3.8) is 0 Å². The number of aliphatic carboxylic acids is 1. The molecule has 8 heteroatoms. The molecule has 1 amide bonds. The first kappa shape index (κ1) is 18.8. The number of hydrogen-bond donors (Lipinski definition) is 2. The highest BCUT2D eigenvalue weighted by Crippen LogP contribution is 2.50. The molecular weight excluding hydrogens is 363 g/mol. The number of anilines is 1. The third-order valence-corrected chi connectivity index (χ3v) is 4.40. The molecule has 0 atom stereocenters. The zero-order valence-corrected chi connectivity index (χ0v) is 14.0. The summed E-state index contributed by atoms with van der Waals surface area (Å²) in [5.41, 5.74) is -0.948. The number of carbonyl (C=O) groups excluding carboxylic acids is 1. The zero-order valence-electron chi connectivity index (χ0n) is 14.0. The molecule has 2 N–H and O–H groups in total. The Bertz CT molecular complexity index is 858. The van der Waals surface area contributed by atoms with Gasteiger partial charge in [-0.3, -0.25) is 4.79 Å². The van der Waals surface area contributed by atoms with Crippen LogP contribution in [0.2, 0.25) is 0 Å². The number of halogens is 3. The standard InChI is InChI=1S/C19H16F3NO4/c20-19(21,22)13-3-1-2-12(10-13)18(8-9-18)17(26)23-14-4-6-15(7-5-14)27-11-16(24)25/h1-7,10H,8-9,11H2,(H,23,26)(H,24,25). The fourth-order valence-electron chi connectivity index (χ4n) is 2.80. The molecule has 0 bridgehead atoms. The number of alkyl halides is 3. The minimum atomic E-state index is -4.46. The number of hydrogen-bond acceptors (Lipinski definition) is 3. The quantitative estimate of drug-likeness (QED) is 0.800. The van der Waals surface area contributed by atoms with Gasteiger partial charge in [-0.05, 0) is 48.7 Å². The molecule has 1 saturated carbocycles. The van der Waals surface area contributed by atoms with Gasteiger partial charge in [-0.1, -0.05) is 18.2 Å². The molecule has 3 rings (SSSR count). The number of carbonyl (C=O) groups is 2. The minimum absolute atomic E-state index is 0.328. The van der Waals surface area contributed by atoms with Crippen molar-refractivity contribution < 1.29 is 32.6 Å². The van der Waals surface area contributed by atoms with Gasteiger partial charge in [-0.25, -0.2) is 4.79 Å². The maximum atomic E-state index is 12.9. The van der Waals surface area contributed by atoms with Crippen LogP contribution in [0.3, 0.4) is 0 Å². The second-order valence-electron chi connectivity index (χ2n) is 6.32. The van der Waals surface area contributed by atoms with E-state index < -0.39 is 29.7 Å². The lowest BCUT2D eigenvalue weighted by molar-refractivity contribution is -0.139. The molecule has 1 aliphatic carbocycles. The highest BCUT2D eigenvalue weighted by Gasteiger charge is 2.51. The SMILES string of the molecule is O=C(O)COc1ccc(NC(=O)C2(c3cccc(C(F)(F)F)c3)CC2)cc1. The van der Waals surface area contributed by atoms with E-state index in [4.69, 9.17) is 9.84 Å². The second-order valence-corrected chi connectivity index (χ2v) is 6.32. The summed E-state index contributed by atoms with van der Waals surface area (Å²) < 4.78 is 43.8. The summed E-state index contributed by atoms with van der Waals surface area (Å²) in [7, 11) is 0. The van der Waals surface area contributed by atoms with E-state index in [9.17, 15) is 22.8 Å². The summed E-state index contributed by atoms with van der Waals surface area (Å²) in [5, 5.41) is 11.3. The monoisotopic (exact) mass is 379 g/mol. The molecule has 0 aromatic heterocycles. The Labute approximate surface area is 152 Å². The van der Waals surface area contributed by atoms with Crippen molar-refractivity contribution in [2.75, 3.05) is 11.9 Å². The molecule has 1 aliphatic rings. The Hall–Kier alpha value is -3.03. The highest BCUT2D eigenvalue weighted by molar-refractivity contribution is 6.01. The number of nitrogens with one attached hydrogen (secondary N) is 1. The maximum Gasteiger partial charge on any atom is 0.416 e. The molecule has 0 saturated heterocycles. The Morgan fingerprint density at radius 2 is 1.78 bits per heavy atom. The second kappa shape index (κ2) is 6.94. The van der Waals surface area contributed by atoms with Crippen LogP contribution in [0.25, 0.3) is 0 Å². The van der Waals surface area contributed by atoms with Gasteiger partial charge in [0.2, 0.25) is 5.91 Å². The van der Waals surface area contributed by atoms with Gasteiger partial charge < -0.3 is 15.2 Å². The molecule has 0 heterocycles. The van der Waals surface area contributed by atoms with Crippen LogP contribution in [-0.4, -0.2) is 23.6 Å². The normalized spacial score (nSPS) is 15.1. The van der Waals surface area contributed by atoms with Crippen molar-refractivity contribution in [2.24, 2.45) is 0 Å². The lowest BCUT2D eigenvalue weighted by Gasteiger charge is -2.17. The van der Waals surface area contributed by atoms with Crippen LogP contribution in [0, 0.1) is 0 Å². The Morgan fingerprint density at radius 3 is 2.33 bits per heavy atom. The van der Waals surface area contributed by atoms with Crippen molar-refractivity contribution in [3.8, 4) is 5.75 Å². The summed E-state index contributed by atoms with van der Waals surface area (Å²) in [4.78, 5) is 23.1. The molecule has 1 fully saturated rings. The van der Waals surface area contributed by atoms with E-state index in [0.29, 0.717) is 29.8 Å². The van der Waals surface area contributed by atoms with Crippen LogP contribution in [0.4, 0.5) is 18.9 Å². The van der Waals surface area contributed by atoms with E-state index in [1.165, 1.54) is 36.4 Å². The van der Waals surface area contributed by atoms with Crippen molar-refractivity contribution in [2.45, 2.75) is 24.4 Å².